The fraction of sp³-hybridized carbons (Fsp3) is 0.154. The molecule has 0 N–H and O–H groups in total. The Bertz CT molecular complexity index is 1240. The second kappa shape index (κ2) is 9.52. The van der Waals surface area contributed by atoms with E-state index in [1.165, 1.54) is 0 Å². The van der Waals surface area contributed by atoms with E-state index < -0.39 is 0 Å². The van der Waals surface area contributed by atoms with Crippen LogP contribution in [0, 0.1) is 22.7 Å². The first-order valence-electron chi connectivity index (χ1n) is 10.0. The summed E-state index contributed by atoms with van der Waals surface area (Å²) >= 11 is 0. The number of furan rings is 1. The summed E-state index contributed by atoms with van der Waals surface area (Å²) in [4.78, 5) is 0. The highest BCUT2D eigenvalue weighted by Crippen LogP contribution is 2.29. The Kier molecular flexibility index (Phi) is 6.16. The quantitative estimate of drug-likeness (QED) is 0.330. The zero-order valence-electron chi connectivity index (χ0n) is 16.9. The molecule has 4 aromatic rings. The highest BCUT2D eigenvalue weighted by Gasteiger charge is 2.07. The van der Waals surface area contributed by atoms with Crippen LogP contribution in [0.3, 0.4) is 0 Å². The third-order valence-electron chi connectivity index (χ3n) is 4.85. The van der Waals surface area contributed by atoms with Crippen LogP contribution in [0.5, 0.6) is 11.5 Å². The third kappa shape index (κ3) is 5.04. The van der Waals surface area contributed by atoms with Crippen molar-refractivity contribution in [1.29, 1.82) is 10.5 Å². The molecule has 0 spiro atoms. The number of benzene rings is 3. The average molecular weight is 408 g/mol. The molecule has 5 nitrogen and oxygen atoms in total. The molecule has 0 aliphatic heterocycles. The van der Waals surface area contributed by atoms with Crippen molar-refractivity contribution in [2.75, 3.05) is 13.2 Å². The van der Waals surface area contributed by atoms with Crippen LogP contribution in [0.2, 0.25) is 0 Å². The molecule has 0 unspecified atom stereocenters. The minimum Gasteiger partial charge on any atom is -0.494 e. The van der Waals surface area contributed by atoms with Crippen LogP contribution in [0.15, 0.2) is 77.2 Å². The van der Waals surface area contributed by atoms with Crippen LogP contribution in [-0.4, -0.2) is 13.2 Å². The van der Waals surface area contributed by atoms with Gasteiger partial charge in [-0.3, -0.25) is 0 Å². The number of rotatable bonds is 8. The molecule has 0 amide bonds. The number of fused-ring (bicyclic) bond motifs is 1. The normalized spacial score (nSPS) is 10.4. The molecule has 0 aliphatic rings. The van der Waals surface area contributed by atoms with E-state index >= 15 is 0 Å². The minimum absolute atomic E-state index is 0.583. The lowest BCUT2D eigenvalue weighted by Crippen LogP contribution is -2.02. The van der Waals surface area contributed by atoms with Crippen LogP contribution in [0.4, 0.5) is 0 Å². The van der Waals surface area contributed by atoms with E-state index in [-0.39, 0.29) is 0 Å². The lowest BCUT2D eigenvalue weighted by Gasteiger charge is -2.08. The summed E-state index contributed by atoms with van der Waals surface area (Å²) in [5, 5.41) is 18.8. The number of ether oxygens (including phenoxy) is 2. The molecule has 0 aliphatic carbocycles. The molecule has 0 radical (unpaired) electrons. The first-order chi connectivity index (χ1) is 15.2. The SMILES string of the molecule is N#Cc1ccc(OCCCCOc2ccc(-c3cc4ccc(C#N)cc4o3)cc2)cc1. The second-order valence-corrected chi connectivity index (χ2v) is 7.04. The number of hydrogen-bond donors (Lipinski definition) is 0. The van der Waals surface area contributed by atoms with Crippen LogP contribution >= 0.6 is 0 Å². The molecule has 1 aromatic heterocycles. The van der Waals surface area contributed by atoms with Gasteiger partial charge in [0, 0.05) is 10.9 Å². The van der Waals surface area contributed by atoms with E-state index in [1.54, 1.807) is 36.4 Å². The van der Waals surface area contributed by atoms with Gasteiger partial charge in [0.25, 0.3) is 0 Å². The molecule has 152 valence electrons. The fourth-order valence-electron chi connectivity index (χ4n) is 3.17. The molecular formula is C26H20N2O3. The molecule has 4 rings (SSSR count). The first-order valence-corrected chi connectivity index (χ1v) is 10.0. The van der Waals surface area contributed by atoms with Gasteiger partial charge in [0.05, 0.1) is 36.5 Å². The van der Waals surface area contributed by atoms with Gasteiger partial charge in [0.1, 0.15) is 22.8 Å². The first kappa shape index (κ1) is 20.1. The Labute approximate surface area is 180 Å². The third-order valence-corrected chi connectivity index (χ3v) is 4.85. The van der Waals surface area contributed by atoms with E-state index in [2.05, 4.69) is 12.1 Å². The molecule has 5 heteroatoms. The van der Waals surface area contributed by atoms with E-state index in [9.17, 15) is 0 Å². The van der Waals surface area contributed by atoms with Gasteiger partial charge in [-0.15, -0.1) is 0 Å². The minimum atomic E-state index is 0.583. The number of nitriles is 2. The Morgan fingerprint density at radius 1 is 0.677 bits per heavy atom. The van der Waals surface area contributed by atoms with Crippen LogP contribution in [-0.2, 0) is 0 Å². The van der Waals surface area contributed by atoms with E-state index in [4.69, 9.17) is 24.4 Å². The van der Waals surface area contributed by atoms with Crippen molar-refractivity contribution in [2.24, 2.45) is 0 Å². The van der Waals surface area contributed by atoms with Crippen LogP contribution < -0.4 is 9.47 Å². The van der Waals surface area contributed by atoms with Crippen molar-refractivity contribution in [3.8, 4) is 35.0 Å². The van der Waals surface area contributed by atoms with Crippen LogP contribution in [0.1, 0.15) is 24.0 Å². The zero-order chi connectivity index (χ0) is 21.5. The summed E-state index contributed by atoms with van der Waals surface area (Å²) in [6, 6.07) is 26.5. The largest absolute Gasteiger partial charge is 0.494 e. The monoisotopic (exact) mass is 408 g/mol. The lowest BCUT2D eigenvalue weighted by molar-refractivity contribution is 0.266. The Hall–Kier alpha value is -4.22. The smallest absolute Gasteiger partial charge is 0.136 e. The Balaban J connectivity index is 1.23. The van der Waals surface area contributed by atoms with Crippen molar-refractivity contribution < 1.29 is 13.9 Å². The highest BCUT2D eigenvalue weighted by molar-refractivity contribution is 5.83. The van der Waals surface area contributed by atoms with Gasteiger partial charge >= 0.3 is 0 Å². The van der Waals surface area contributed by atoms with E-state index in [1.807, 2.05) is 36.4 Å². The molecule has 0 fully saturated rings. The summed E-state index contributed by atoms with van der Waals surface area (Å²) < 4.78 is 17.4. The summed E-state index contributed by atoms with van der Waals surface area (Å²) in [6.45, 7) is 1.21. The van der Waals surface area contributed by atoms with Crippen molar-refractivity contribution in [3.63, 3.8) is 0 Å². The second-order valence-electron chi connectivity index (χ2n) is 7.04. The summed E-state index contributed by atoms with van der Waals surface area (Å²) in [5.74, 6) is 2.33. The van der Waals surface area contributed by atoms with Crippen molar-refractivity contribution in [1.82, 2.24) is 0 Å². The van der Waals surface area contributed by atoms with E-state index in [0.29, 0.717) is 29.9 Å². The van der Waals surface area contributed by atoms with Crippen LogP contribution in [0.25, 0.3) is 22.3 Å². The molecule has 1 heterocycles. The van der Waals surface area contributed by atoms with Crippen molar-refractivity contribution in [2.45, 2.75) is 12.8 Å². The number of unbranched alkanes of at least 4 members (excludes halogenated alkanes) is 1. The molecule has 3 aromatic carbocycles. The van der Waals surface area contributed by atoms with Gasteiger partial charge in [0.15, 0.2) is 0 Å². The van der Waals surface area contributed by atoms with Crippen molar-refractivity contribution in [3.05, 3.63) is 83.9 Å². The van der Waals surface area contributed by atoms with Gasteiger partial charge in [0.2, 0.25) is 0 Å². The van der Waals surface area contributed by atoms with Gasteiger partial charge in [-0.2, -0.15) is 10.5 Å². The number of hydrogen-bond acceptors (Lipinski definition) is 5. The molecule has 0 atom stereocenters. The fourth-order valence-corrected chi connectivity index (χ4v) is 3.17. The summed E-state index contributed by atoms with van der Waals surface area (Å²) in [5.41, 5.74) is 2.87. The zero-order valence-corrected chi connectivity index (χ0v) is 16.9. The molecule has 0 bridgehead atoms. The maximum Gasteiger partial charge on any atom is 0.136 e. The number of nitrogens with zero attached hydrogens (tertiary/aromatic N) is 2. The predicted molar refractivity (Wildman–Crippen MR) is 118 cm³/mol. The highest BCUT2D eigenvalue weighted by atomic mass is 16.5. The molecule has 0 saturated heterocycles. The molecular weight excluding hydrogens is 388 g/mol. The molecule has 31 heavy (non-hydrogen) atoms. The maximum absolute atomic E-state index is 9.02. The van der Waals surface area contributed by atoms with Crippen molar-refractivity contribution >= 4 is 11.0 Å². The van der Waals surface area contributed by atoms with Gasteiger partial charge < -0.3 is 13.9 Å². The van der Waals surface area contributed by atoms with Gasteiger partial charge in [-0.05, 0) is 85.6 Å². The van der Waals surface area contributed by atoms with E-state index in [0.717, 1.165) is 41.1 Å². The molecule has 0 saturated carbocycles. The van der Waals surface area contributed by atoms with Gasteiger partial charge in [-0.25, -0.2) is 0 Å². The summed E-state index contributed by atoms with van der Waals surface area (Å²) in [7, 11) is 0. The standard InChI is InChI=1S/C26H20N2O3/c27-17-19-4-9-23(10-5-19)29-13-1-2-14-30-24-11-7-21(8-12-24)26-16-22-6-3-20(18-28)15-25(22)31-26/h3-12,15-16H,1-2,13-14H2. The topological polar surface area (TPSA) is 79.2 Å². The Morgan fingerprint density at radius 3 is 1.87 bits per heavy atom. The maximum atomic E-state index is 9.02. The summed E-state index contributed by atoms with van der Waals surface area (Å²) in [6.07, 6.45) is 1.75. The Morgan fingerprint density at radius 2 is 1.26 bits per heavy atom. The average Bonchev–Trinajstić information content (AvgIpc) is 3.25. The van der Waals surface area contributed by atoms with Gasteiger partial charge in [-0.1, -0.05) is 0 Å². The lowest BCUT2D eigenvalue weighted by atomic mass is 10.1. The predicted octanol–water partition coefficient (Wildman–Crippen LogP) is 6.08.